The van der Waals surface area contributed by atoms with Gasteiger partial charge in [-0.2, -0.15) is 0 Å². The summed E-state index contributed by atoms with van der Waals surface area (Å²) in [6.07, 6.45) is 2.26. The van der Waals surface area contributed by atoms with Gasteiger partial charge in [0.1, 0.15) is 0 Å². The van der Waals surface area contributed by atoms with Crippen LogP contribution in [0.1, 0.15) is 45.7 Å². The molecule has 0 saturated heterocycles. The maximum Gasteiger partial charge on any atom is 0.0620 e. The number of nitrogens with zero attached hydrogens (tertiary/aromatic N) is 3. The van der Waals surface area contributed by atoms with E-state index in [1.165, 1.54) is 22.5 Å². The molecule has 2 atom stereocenters. The number of benzene rings is 2. The molecule has 0 fully saturated rings. The van der Waals surface area contributed by atoms with E-state index in [0.717, 1.165) is 25.9 Å². The van der Waals surface area contributed by atoms with E-state index in [9.17, 15) is 0 Å². The average Bonchev–Trinajstić information content (AvgIpc) is 3.01. The van der Waals surface area contributed by atoms with Crippen LogP contribution in [0, 0.1) is 0 Å². The van der Waals surface area contributed by atoms with Crippen LogP contribution in [-0.4, -0.2) is 41.6 Å². The van der Waals surface area contributed by atoms with E-state index in [0.29, 0.717) is 12.1 Å². The van der Waals surface area contributed by atoms with Crippen LogP contribution >= 0.6 is 0 Å². The van der Waals surface area contributed by atoms with Gasteiger partial charge in [0.2, 0.25) is 0 Å². The van der Waals surface area contributed by atoms with E-state index < -0.39 is 0 Å². The molecule has 2 aliphatic heterocycles. The second kappa shape index (κ2) is 6.91. The number of fused-ring (bicyclic) bond motifs is 3. The third-order valence-corrected chi connectivity index (χ3v) is 6.78. The number of aromatic nitrogens is 1. The lowest BCUT2D eigenvalue weighted by Crippen LogP contribution is -2.36. The van der Waals surface area contributed by atoms with E-state index in [4.69, 9.17) is 0 Å². The summed E-state index contributed by atoms with van der Waals surface area (Å²) in [4.78, 5) is 5.07. The van der Waals surface area contributed by atoms with Gasteiger partial charge in [-0.15, -0.1) is 0 Å². The van der Waals surface area contributed by atoms with Crippen molar-refractivity contribution >= 4 is 0 Å². The zero-order valence-electron chi connectivity index (χ0n) is 17.1. The fourth-order valence-corrected chi connectivity index (χ4v) is 5.43. The second-order valence-electron chi connectivity index (χ2n) is 8.37. The van der Waals surface area contributed by atoms with Crippen LogP contribution in [0.3, 0.4) is 0 Å². The minimum absolute atomic E-state index is 0.331. The van der Waals surface area contributed by atoms with Gasteiger partial charge in [-0.25, -0.2) is 0 Å². The predicted molar refractivity (Wildman–Crippen MR) is 115 cm³/mol. The van der Waals surface area contributed by atoms with E-state index in [-0.39, 0.29) is 0 Å². The summed E-state index contributed by atoms with van der Waals surface area (Å²) in [6.45, 7) is 2.21. The van der Waals surface area contributed by atoms with Crippen LogP contribution in [0.15, 0.2) is 60.7 Å². The molecule has 0 amide bonds. The number of hydrogen-bond donors (Lipinski definition) is 0. The summed E-state index contributed by atoms with van der Waals surface area (Å²) in [5.41, 5.74) is 8.98. The molecule has 2 aromatic carbocycles. The molecule has 2 aliphatic rings. The third-order valence-electron chi connectivity index (χ3n) is 6.78. The van der Waals surface area contributed by atoms with E-state index in [1.54, 1.807) is 11.1 Å². The summed E-state index contributed by atoms with van der Waals surface area (Å²) in [5.74, 6) is 0. The number of rotatable bonds is 2. The summed E-state index contributed by atoms with van der Waals surface area (Å²) >= 11 is 0. The van der Waals surface area contributed by atoms with Crippen LogP contribution in [0.25, 0.3) is 0 Å². The van der Waals surface area contributed by atoms with Crippen LogP contribution in [-0.2, 0) is 19.9 Å². The monoisotopic (exact) mass is 371 g/mol. The lowest BCUT2D eigenvalue weighted by molar-refractivity contribution is 0.245. The molecule has 3 aromatic rings. The molecule has 0 bridgehead atoms. The Morgan fingerprint density at radius 2 is 1.00 bits per heavy atom. The maximum atomic E-state index is 2.54. The normalized spacial score (nSPS) is 22.7. The van der Waals surface area contributed by atoms with Gasteiger partial charge < -0.3 is 4.57 Å². The highest BCUT2D eigenvalue weighted by Crippen LogP contribution is 2.46. The lowest BCUT2D eigenvalue weighted by Gasteiger charge is -2.38. The Balaban J connectivity index is 1.76. The van der Waals surface area contributed by atoms with Gasteiger partial charge in [-0.1, -0.05) is 60.7 Å². The van der Waals surface area contributed by atoms with E-state index in [2.05, 4.69) is 96.2 Å². The number of hydrogen-bond acceptors (Lipinski definition) is 2. The molecular weight excluding hydrogens is 342 g/mol. The number of likely N-dealkylation sites (N-methyl/N-ethyl adjacent to an activating group) is 2. The first-order valence-corrected chi connectivity index (χ1v) is 10.4. The van der Waals surface area contributed by atoms with Gasteiger partial charge in [0, 0.05) is 55.5 Å². The molecule has 0 spiro atoms. The smallest absolute Gasteiger partial charge is 0.0620 e. The van der Waals surface area contributed by atoms with Crippen LogP contribution < -0.4 is 0 Å². The highest BCUT2D eigenvalue weighted by molar-refractivity contribution is 5.52. The van der Waals surface area contributed by atoms with Crippen molar-refractivity contribution in [3.63, 3.8) is 0 Å². The molecule has 3 heteroatoms. The SMILES string of the molecule is CN1CCc2c(c3c(n2C)CCN(C)[C@H]3c2ccccc2)[C@@H]1c1ccccc1. The quantitative estimate of drug-likeness (QED) is 0.669. The van der Waals surface area contributed by atoms with Crippen molar-refractivity contribution in [3.05, 3.63) is 94.3 Å². The minimum atomic E-state index is 0.331. The largest absolute Gasteiger partial charge is 0.351 e. The van der Waals surface area contributed by atoms with Crippen LogP contribution in [0.4, 0.5) is 0 Å². The molecule has 0 aliphatic carbocycles. The average molecular weight is 372 g/mol. The van der Waals surface area contributed by atoms with Gasteiger partial charge in [-0.3, -0.25) is 9.80 Å². The first-order valence-electron chi connectivity index (χ1n) is 10.4. The Morgan fingerprint density at radius 1 is 0.607 bits per heavy atom. The molecule has 144 valence electrons. The van der Waals surface area contributed by atoms with Gasteiger partial charge >= 0.3 is 0 Å². The lowest BCUT2D eigenvalue weighted by atomic mass is 9.83. The van der Waals surface area contributed by atoms with Crippen LogP contribution in [0.2, 0.25) is 0 Å². The molecule has 0 N–H and O–H groups in total. The van der Waals surface area contributed by atoms with Gasteiger partial charge in [0.05, 0.1) is 12.1 Å². The van der Waals surface area contributed by atoms with Crippen molar-refractivity contribution in [2.24, 2.45) is 7.05 Å². The van der Waals surface area contributed by atoms with Crippen molar-refractivity contribution in [1.29, 1.82) is 0 Å². The molecule has 3 heterocycles. The van der Waals surface area contributed by atoms with Crippen molar-refractivity contribution in [3.8, 4) is 0 Å². The molecule has 0 radical (unpaired) electrons. The summed E-state index contributed by atoms with van der Waals surface area (Å²) < 4.78 is 2.52. The standard InChI is InChI=1S/C25H29N3/c1-26-16-14-20-22(24(26)18-10-6-4-7-11-18)23-21(28(20)3)15-17-27(2)25(23)19-12-8-5-9-13-19/h4-13,24-25H,14-17H2,1-3H3/t24-,25-/m0/s1. The molecule has 3 nitrogen and oxygen atoms in total. The van der Waals surface area contributed by atoms with E-state index >= 15 is 0 Å². The zero-order chi connectivity index (χ0) is 19.3. The third kappa shape index (κ3) is 2.65. The minimum Gasteiger partial charge on any atom is -0.351 e. The van der Waals surface area contributed by atoms with Gasteiger partial charge in [0.15, 0.2) is 0 Å². The topological polar surface area (TPSA) is 11.4 Å². The zero-order valence-corrected chi connectivity index (χ0v) is 17.1. The highest BCUT2D eigenvalue weighted by atomic mass is 15.2. The van der Waals surface area contributed by atoms with Crippen molar-refractivity contribution in [2.45, 2.75) is 24.9 Å². The summed E-state index contributed by atoms with van der Waals surface area (Å²) in [6, 6.07) is 22.8. The maximum absolute atomic E-state index is 2.54. The molecule has 0 unspecified atom stereocenters. The Morgan fingerprint density at radius 3 is 1.39 bits per heavy atom. The van der Waals surface area contributed by atoms with E-state index in [1.807, 2.05) is 0 Å². The molecule has 5 rings (SSSR count). The Kier molecular flexibility index (Phi) is 4.37. The van der Waals surface area contributed by atoms with Gasteiger partial charge in [0.25, 0.3) is 0 Å². The highest BCUT2D eigenvalue weighted by Gasteiger charge is 2.39. The van der Waals surface area contributed by atoms with Crippen molar-refractivity contribution < 1.29 is 0 Å². The molecule has 28 heavy (non-hydrogen) atoms. The fraction of sp³-hybridized carbons (Fsp3) is 0.360. The summed E-state index contributed by atoms with van der Waals surface area (Å²) in [5, 5.41) is 0. The van der Waals surface area contributed by atoms with Crippen molar-refractivity contribution in [1.82, 2.24) is 14.4 Å². The van der Waals surface area contributed by atoms with Crippen molar-refractivity contribution in [2.75, 3.05) is 27.2 Å². The first kappa shape index (κ1) is 17.7. The van der Waals surface area contributed by atoms with Crippen LogP contribution in [0.5, 0.6) is 0 Å². The fourth-order valence-electron chi connectivity index (χ4n) is 5.43. The van der Waals surface area contributed by atoms with Gasteiger partial charge in [-0.05, 0) is 25.2 Å². The second-order valence-corrected chi connectivity index (χ2v) is 8.37. The Bertz CT molecular complexity index is 895. The first-order chi connectivity index (χ1) is 13.7. The molecule has 1 aromatic heterocycles. The Hall–Kier alpha value is -2.36. The predicted octanol–water partition coefficient (Wildman–Crippen LogP) is 4.18. The Labute approximate surface area is 168 Å². The molecule has 0 saturated carbocycles. The summed E-state index contributed by atoms with van der Waals surface area (Å²) in [7, 11) is 6.85. The molecular formula is C25H29N3.